The van der Waals surface area contributed by atoms with E-state index in [2.05, 4.69) is 25.6 Å². The maximum absolute atomic E-state index is 5.68. The van der Waals surface area contributed by atoms with E-state index < -0.39 is 0 Å². The van der Waals surface area contributed by atoms with Gasteiger partial charge in [0.2, 0.25) is 11.9 Å². The molecule has 0 radical (unpaired) electrons. The molecule has 2 aromatic rings. The van der Waals surface area contributed by atoms with Crippen LogP contribution in [0.4, 0.5) is 17.6 Å². The molecule has 1 aromatic heterocycles. The van der Waals surface area contributed by atoms with Crippen LogP contribution in [0.25, 0.3) is 0 Å². The summed E-state index contributed by atoms with van der Waals surface area (Å²) in [6, 6.07) is 7.70. The topological polar surface area (TPSA) is 98.0 Å². The van der Waals surface area contributed by atoms with Crippen molar-refractivity contribution in [2.45, 2.75) is 39.8 Å². The zero-order valence-electron chi connectivity index (χ0n) is 13.3. The van der Waals surface area contributed by atoms with Crippen LogP contribution in [0.1, 0.15) is 27.7 Å². The molecule has 22 heavy (non-hydrogen) atoms. The van der Waals surface area contributed by atoms with Crippen molar-refractivity contribution in [3.05, 3.63) is 24.3 Å². The molecule has 4 N–H and O–H groups in total. The van der Waals surface area contributed by atoms with Gasteiger partial charge in [-0.3, -0.25) is 0 Å². The first-order chi connectivity index (χ1) is 10.4. The number of nitrogens with zero attached hydrogens (tertiary/aromatic N) is 3. The van der Waals surface area contributed by atoms with Crippen LogP contribution in [0.15, 0.2) is 24.3 Å². The molecular formula is C15H22N6O. The SMILES string of the molecule is CC(C)Nc1nc(NC(C)C)nc(Oc2ccc(N)cc2)n1. The summed E-state index contributed by atoms with van der Waals surface area (Å²) in [6.45, 7) is 8.05. The first kappa shape index (κ1) is 15.8. The summed E-state index contributed by atoms with van der Waals surface area (Å²) in [5.74, 6) is 1.56. The predicted octanol–water partition coefficient (Wildman–Crippen LogP) is 2.89. The lowest BCUT2D eigenvalue weighted by Gasteiger charge is -2.13. The maximum Gasteiger partial charge on any atom is 0.328 e. The number of rotatable bonds is 6. The molecule has 7 nitrogen and oxygen atoms in total. The molecule has 1 aromatic carbocycles. The van der Waals surface area contributed by atoms with Crippen molar-refractivity contribution in [2.75, 3.05) is 16.4 Å². The highest BCUT2D eigenvalue weighted by atomic mass is 16.5. The minimum atomic E-state index is 0.207. The Kier molecular flexibility index (Phi) is 4.98. The van der Waals surface area contributed by atoms with Crippen LogP contribution in [-0.4, -0.2) is 27.0 Å². The summed E-state index contributed by atoms with van der Waals surface area (Å²) in [4.78, 5) is 12.9. The van der Waals surface area contributed by atoms with Crippen molar-refractivity contribution >= 4 is 17.6 Å². The molecule has 118 valence electrons. The monoisotopic (exact) mass is 302 g/mol. The van der Waals surface area contributed by atoms with Gasteiger partial charge in [-0.1, -0.05) is 0 Å². The van der Waals surface area contributed by atoms with Crippen LogP contribution < -0.4 is 21.1 Å². The van der Waals surface area contributed by atoms with E-state index in [1.165, 1.54) is 0 Å². The second kappa shape index (κ2) is 6.93. The van der Waals surface area contributed by atoms with Crippen LogP contribution in [-0.2, 0) is 0 Å². The normalized spacial score (nSPS) is 10.8. The van der Waals surface area contributed by atoms with Gasteiger partial charge in [-0.2, -0.15) is 15.0 Å². The Labute approximate surface area is 130 Å². The second-order valence-corrected chi connectivity index (χ2v) is 5.53. The lowest BCUT2D eigenvalue weighted by Crippen LogP contribution is -2.17. The number of nitrogen functional groups attached to an aromatic ring is 1. The molecule has 0 atom stereocenters. The smallest absolute Gasteiger partial charge is 0.328 e. The molecule has 0 fully saturated rings. The van der Waals surface area contributed by atoms with Gasteiger partial charge >= 0.3 is 6.01 Å². The van der Waals surface area contributed by atoms with E-state index in [4.69, 9.17) is 10.5 Å². The fourth-order valence-electron chi connectivity index (χ4n) is 1.69. The first-order valence-corrected chi connectivity index (χ1v) is 7.25. The van der Waals surface area contributed by atoms with Gasteiger partial charge in [-0.05, 0) is 52.0 Å². The number of benzene rings is 1. The van der Waals surface area contributed by atoms with Crippen molar-refractivity contribution in [2.24, 2.45) is 0 Å². The Bertz CT molecular complexity index is 584. The number of hydrogen-bond donors (Lipinski definition) is 3. The average Bonchev–Trinajstić information content (AvgIpc) is 2.39. The van der Waals surface area contributed by atoms with Crippen LogP contribution in [0.5, 0.6) is 11.8 Å². The minimum Gasteiger partial charge on any atom is -0.424 e. The van der Waals surface area contributed by atoms with E-state index in [9.17, 15) is 0 Å². The molecule has 0 aliphatic carbocycles. The Morgan fingerprint density at radius 3 is 1.82 bits per heavy atom. The molecule has 7 heteroatoms. The van der Waals surface area contributed by atoms with Gasteiger partial charge < -0.3 is 21.1 Å². The zero-order chi connectivity index (χ0) is 16.1. The van der Waals surface area contributed by atoms with Crippen molar-refractivity contribution in [3.8, 4) is 11.8 Å². The van der Waals surface area contributed by atoms with E-state index in [1.807, 2.05) is 27.7 Å². The molecule has 0 saturated heterocycles. The summed E-state index contributed by atoms with van der Waals surface area (Å²) < 4.78 is 5.68. The van der Waals surface area contributed by atoms with E-state index in [-0.39, 0.29) is 18.1 Å². The molecule has 0 amide bonds. The Morgan fingerprint density at radius 2 is 1.36 bits per heavy atom. The highest BCUT2D eigenvalue weighted by Gasteiger charge is 2.10. The third kappa shape index (κ3) is 4.76. The van der Waals surface area contributed by atoms with Crippen molar-refractivity contribution in [1.82, 2.24) is 15.0 Å². The van der Waals surface area contributed by atoms with E-state index in [0.29, 0.717) is 23.3 Å². The van der Waals surface area contributed by atoms with E-state index in [0.717, 1.165) is 0 Å². The predicted molar refractivity (Wildman–Crippen MR) is 88.3 cm³/mol. The molecule has 0 spiro atoms. The van der Waals surface area contributed by atoms with Gasteiger partial charge in [-0.25, -0.2) is 0 Å². The number of ether oxygens (including phenoxy) is 1. The number of anilines is 3. The van der Waals surface area contributed by atoms with Gasteiger partial charge in [-0.15, -0.1) is 0 Å². The van der Waals surface area contributed by atoms with Gasteiger partial charge in [0.1, 0.15) is 5.75 Å². The summed E-state index contributed by atoms with van der Waals surface area (Å²) >= 11 is 0. The third-order valence-electron chi connectivity index (χ3n) is 2.54. The van der Waals surface area contributed by atoms with Crippen LogP contribution >= 0.6 is 0 Å². The molecular weight excluding hydrogens is 280 g/mol. The standard InChI is InChI=1S/C15H22N6O/c1-9(2)17-13-19-14(18-10(3)4)21-15(20-13)22-12-7-5-11(16)6-8-12/h5-10H,16H2,1-4H3,(H2,17,18,19,20,21). The van der Waals surface area contributed by atoms with Crippen LogP contribution in [0, 0.1) is 0 Å². The Hall–Kier alpha value is -2.57. The number of hydrogen-bond acceptors (Lipinski definition) is 7. The van der Waals surface area contributed by atoms with Gasteiger partial charge in [0.15, 0.2) is 0 Å². The third-order valence-corrected chi connectivity index (χ3v) is 2.54. The summed E-state index contributed by atoms with van der Waals surface area (Å²) in [6.07, 6.45) is 0. The molecule has 0 bridgehead atoms. The minimum absolute atomic E-state index is 0.207. The molecule has 0 aliphatic rings. The number of aromatic nitrogens is 3. The van der Waals surface area contributed by atoms with E-state index >= 15 is 0 Å². The van der Waals surface area contributed by atoms with Crippen molar-refractivity contribution in [1.29, 1.82) is 0 Å². The maximum atomic E-state index is 5.68. The fourth-order valence-corrected chi connectivity index (χ4v) is 1.69. The first-order valence-electron chi connectivity index (χ1n) is 7.25. The largest absolute Gasteiger partial charge is 0.424 e. The van der Waals surface area contributed by atoms with Crippen LogP contribution in [0.2, 0.25) is 0 Å². The second-order valence-electron chi connectivity index (χ2n) is 5.53. The molecule has 0 saturated carbocycles. The quantitative estimate of drug-likeness (QED) is 0.706. The Morgan fingerprint density at radius 1 is 0.864 bits per heavy atom. The van der Waals surface area contributed by atoms with Gasteiger partial charge in [0.05, 0.1) is 0 Å². The van der Waals surface area contributed by atoms with Crippen LogP contribution in [0.3, 0.4) is 0 Å². The number of nitrogens with one attached hydrogen (secondary N) is 2. The summed E-state index contributed by atoms with van der Waals surface area (Å²) in [5, 5.41) is 6.30. The molecule has 2 rings (SSSR count). The highest BCUT2D eigenvalue weighted by Crippen LogP contribution is 2.21. The zero-order valence-corrected chi connectivity index (χ0v) is 13.3. The Balaban J connectivity index is 2.25. The summed E-state index contributed by atoms with van der Waals surface area (Å²) in [7, 11) is 0. The van der Waals surface area contributed by atoms with E-state index in [1.54, 1.807) is 24.3 Å². The highest BCUT2D eigenvalue weighted by molar-refractivity contribution is 5.43. The molecule has 1 heterocycles. The van der Waals surface area contributed by atoms with Gasteiger partial charge in [0, 0.05) is 17.8 Å². The summed E-state index contributed by atoms with van der Waals surface area (Å²) in [5.41, 5.74) is 6.33. The molecule has 0 aliphatic heterocycles. The molecule has 0 unspecified atom stereocenters. The van der Waals surface area contributed by atoms with Gasteiger partial charge in [0.25, 0.3) is 0 Å². The lowest BCUT2D eigenvalue weighted by molar-refractivity contribution is 0.441. The average molecular weight is 302 g/mol. The van der Waals surface area contributed by atoms with Crippen molar-refractivity contribution in [3.63, 3.8) is 0 Å². The van der Waals surface area contributed by atoms with Crippen molar-refractivity contribution < 1.29 is 4.74 Å². The lowest BCUT2D eigenvalue weighted by atomic mass is 10.3. The number of nitrogens with two attached hydrogens (primary N) is 1. The fraction of sp³-hybridized carbons (Fsp3) is 0.400.